The van der Waals surface area contributed by atoms with E-state index in [0.717, 1.165) is 24.0 Å². The minimum atomic E-state index is 0.253. The second-order valence-electron chi connectivity index (χ2n) is 5.77. The summed E-state index contributed by atoms with van der Waals surface area (Å²) in [5.74, 6) is 0.577. The quantitative estimate of drug-likeness (QED) is 0.905. The highest BCUT2D eigenvalue weighted by Crippen LogP contribution is 2.31. The van der Waals surface area contributed by atoms with Gasteiger partial charge in [-0.1, -0.05) is 20.8 Å². The summed E-state index contributed by atoms with van der Waals surface area (Å²) < 4.78 is 2.27. The van der Waals surface area contributed by atoms with Gasteiger partial charge in [-0.3, -0.25) is 0 Å². The molecule has 2 N–H and O–H groups in total. The predicted molar refractivity (Wildman–Crippen MR) is 75.5 cm³/mol. The van der Waals surface area contributed by atoms with E-state index in [1.165, 1.54) is 11.3 Å². The van der Waals surface area contributed by atoms with Gasteiger partial charge in [-0.2, -0.15) is 0 Å². The van der Waals surface area contributed by atoms with Gasteiger partial charge in [0, 0.05) is 12.2 Å². The van der Waals surface area contributed by atoms with E-state index in [0.29, 0.717) is 5.82 Å². The monoisotopic (exact) mass is 246 g/mol. The van der Waals surface area contributed by atoms with Gasteiger partial charge >= 0.3 is 0 Å². The normalized spacial score (nSPS) is 12.3. The molecule has 0 aliphatic heterocycles. The molecule has 0 atom stereocenters. The third kappa shape index (κ3) is 1.96. The number of aromatic nitrogens is 3. The van der Waals surface area contributed by atoms with Crippen molar-refractivity contribution in [1.82, 2.24) is 14.5 Å². The smallest absolute Gasteiger partial charge is 0.145 e. The first kappa shape index (κ1) is 12.9. The van der Waals surface area contributed by atoms with Crippen LogP contribution >= 0.6 is 0 Å². The highest BCUT2D eigenvalue weighted by molar-refractivity contribution is 5.90. The van der Waals surface area contributed by atoms with Crippen LogP contribution in [0.4, 0.5) is 5.82 Å². The molecule has 0 radical (unpaired) electrons. The molecule has 98 valence electrons. The highest BCUT2D eigenvalue weighted by atomic mass is 15.1. The number of aryl methyl sites for hydroxylation is 1. The molecule has 0 fully saturated rings. The molecule has 0 aliphatic carbocycles. The number of nitrogens with zero attached hydrogens (tertiary/aromatic N) is 3. The molecule has 4 heteroatoms. The van der Waals surface area contributed by atoms with Crippen LogP contribution in [0.2, 0.25) is 0 Å². The Bertz CT molecular complexity index is 581. The Labute approximate surface area is 108 Å². The third-order valence-electron chi connectivity index (χ3n) is 3.98. The topological polar surface area (TPSA) is 56.7 Å². The van der Waals surface area contributed by atoms with Crippen molar-refractivity contribution in [1.29, 1.82) is 0 Å². The maximum atomic E-state index is 5.97. The molecule has 0 aromatic carbocycles. The molecule has 4 nitrogen and oxygen atoms in total. The lowest BCUT2D eigenvalue weighted by molar-refractivity contribution is 0.296. The minimum absolute atomic E-state index is 0.253. The van der Waals surface area contributed by atoms with Crippen LogP contribution in [-0.4, -0.2) is 14.5 Å². The molecule has 0 unspecified atom stereocenters. The van der Waals surface area contributed by atoms with Crippen LogP contribution in [0.1, 0.15) is 38.4 Å². The van der Waals surface area contributed by atoms with Crippen molar-refractivity contribution in [3.8, 4) is 0 Å². The summed E-state index contributed by atoms with van der Waals surface area (Å²) in [5, 5.41) is 1.00. The molecule has 0 aliphatic rings. The van der Waals surface area contributed by atoms with Crippen molar-refractivity contribution >= 4 is 16.9 Å². The van der Waals surface area contributed by atoms with Gasteiger partial charge in [0.25, 0.3) is 0 Å². The fourth-order valence-corrected chi connectivity index (χ4v) is 2.23. The number of rotatable bonds is 3. The molecule has 18 heavy (non-hydrogen) atoms. The first-order valence-corrected chi connectivity index (χ1v) is 6.43. The Balaban J connectivity index is 2.65. The van der Waals surface area contributed by atoms with E-state index in [4.69, 9.17) is 5.73 Å². The third-order valence-corrected chi connectivity index (χ3v) is 3.98. The van der Waals surface area contributed by atoms with Crippen LogP contribution in [0.3, 0.4) is 0 Å². The van der Waals surface area contributed by atoms with E-state index in [1.54, 1.807) is 6.33 Å². The number of nitrogens with two attached hydrogens (primary N) is 1. The van der Waals surface area contributed by atoms with Crippen LogP contribution in [0.5, 0.6) is 0 Å². The van der Waals surface area contributed by atoms with Gasteiger partial charge in [-0.15, -0.1) is 0 Å². The number of nitrogen functional groups attached to an aromatic ring is 1. The average molecular weight is 246 g/mol. The lowest BCUT2D eigenvalue weighted by atomic mass is 9.90. The average Bonchev–Trinajstić information content (AvgIpc) is 2.55. The van der Waals surface area contributed by atoms with E-state index < -0.39 is 0 Å². The Morgan fingerprint density at radius 2 is 1.94 bits per heavy atom. The molecule has 0 bridgehead atoms. The maximum Gasteiger partial charge on any atom is 0.145 e. The predicted octanol–water partition coefficient (Wildman–Crippen LogP) is 3.07. The lowest BCUT2D eigenvalue weighted by Gasteiger charge is -2.24. The molecule has 2 aromatic rings. The number of anilines is 1. The van der Waals surface area contributed by atoms with E-state index in [9.17, 15) is 0 Å². The van der Waals surface area contributed by atoms with Crippen LogP contribution in [0.25, 0.3) is 11.0 Å². The number of fused-ring (bicyclic) bond motifs is 1. The number of hydrogen-bond donors (Lipinski definition) is 1. The lowest BCUT2D eigenvalue weighted by Crippen LogP contribution is -2.19. The van der Waals surface area contributed by atoms with E-state index in [1.807, 2.05) is 0 Å². The van der Waals surface area contributed by atoms with Crippen LogP contribution in [0.15, 0.2) is 6.33 Å². The molecule has 2 rings (SSSR count). The molecule has 0 amide bonds. The fraction of sp³-hybridized carbons (Fsp3) is 0.571. The fourth-order valence-electron chi connectivity index (χ4n) is 2.23. The van der Waals surface area contributed by atoms with Crippen molar-refractivity contribution in [2.45, 2.75) is 47.6 Å². The zero-order chi connectivity index (χ0) is 13.5. The van der Waals surface area contributed by atoms with Gasteiger partial charge < -0.3 is 10.3 Å². The zero-order valence-electron chi connectivity index (χ0n) is 11.9. The Morgan fingerprint density at radius 3 is 2.56 bits per heavy atom. The van der Waals surface area contributed by atoms with Crippen molar-refractivity contribution in [3.63, 3.8) is 0 Å². The van der Waals surface area contributed by atoms with Gasteiger partial charge in [0.1, 0.15) is 17.8 Å². The second kappa shape index (κ2) is 4.26. The molecular formula is C14H22N4. The van der Waals surface area contributed by atoms with Gasteiger partial charge in [0.15, 0.2) is 0 Å². The molecule has 2 heterocycles. The van der Waals surface area contributed by atoms with Crippen molar-refractivity contribution in [3.05, 3.63) is 17.6 Å². The van der Waals surface area contributed by atoms with Crippen molar-refractivity contribution in [2.75, 3.05) is 5.73 Å². The molecule has 0 saturated heterocycles. The SMILES string of the molecule is CCC(C)(C)Cn1c(C)c(C)c2c(N)ncnc21. The van der Waals surface area contributed by atoms with Gasteiger partial charge in [-0.25, -0.2) is 9.97 Å². The second-order valence-corrected chi connectivity index (χ2v) is 5.77. The van der Waals surface area contributed by atoms with Crippen LogP contribution < -0.4 is 5.73 Å². The summed E-state index contributed by atoms with van der Waals surface area (Å²) >= 11 is 0. The molecule has 2 aromatic heterocycles. The largest absolute Gasteiger partial charge is 0.383 e. The summed E-state index contributed by atoms with van der Waals surface area (Å²) in [6, 6.07) is 0. The van der Waals surface area contributed by atoms with Crippen LogP contribution in [-0.2, 0) is 6.54 Å². The Kier molecular flexibility index (Phi) is 3.05. The summed E-state index contributed by atoms with van der Waals surface area (Å²) in [4.78, 5) is 8.51. The minimum Gasteiger partial charge on any atom is -0.383 e. The standard InChI is InChI=1S/C14H22N4/c1-6-14(4,5)7-18-10(3)9(2)11-12(15)16-8-17-13(11)18/h8H,6-7H2,1-5H3,(H2,15,16,17). The Hall–Kier alpha value is -1.58. The first-order valence-electron chi connectivity index (χ1n) is 6.43. The maximum absolute atomic E-state index is 5.97. The van der Waals surface area contributed by atoms with E-state index >= 15 is 0 Å². The van der Waals surface area contributed by atoms with E-state index in [-0.39, 0.29) is 5.41 Å². The zero-order valence-corrected chi connectivity index (χ0v) is 11.9. The summed E-state index contributed by atoms with van der Waals surface area (Å²) in [7, 11) is 0. The summed E-state index contributed by atoms with van der Waals surface area (Å²) in [6.07, 6.45) is 2.68. The molecular weight excluding hydrogens is 224 g/mol. The highest BCUT2D eigenvalue weighted by Gasteiger charge is 2.21. The van der Waals surface area contributed by atoms with Crippen molar-refractivity contribution < 1.29 is 0 Å². The van der Waals surface area contributed by atoms with Gasteiger partial charge in [0.05, 0.1) is 5.39 Å². The van der Waals surface area contributed by atoms with Crippen molar-refractivity contribution in [2.24, 2.45) is 5.41 Å². The Morgan fingerprint density at radius 1 is 1.28 bits per heavy atom. The van der Waals surface area contributed by atoms with E-state index in [2.05, 4.69) is 49.2 Å². The summed E-state index contributed by atoms with van der Waals surface area (Å²) in [6.45, 7) is 11.9. The van der Waals surface area contributed by atoms with Gasteiger partial charge in [0.2, 0.25) is 0 Å². The molecule has 0 spiro atoms. The number of hydrogen-bond acceptors (Lipinski definition) is 3. The van der Waals surface area contributed by atoms with Crippen LogP contribution in [0, 0.1) is 19.3 Å². The van der Waals surface area contributed by atoms with Gasteiger partial charge in [-0.05, 0) is 31.2 Å². The summed E-state index contributed by atoms with van der Waals surface area (Å²) in [5.41, 5.74) is 9.61. The first-order chi connectivity index (χ1) is 8.37. The molecule has 0 saturated carbocycles.